The highest BCUT2D eigenvalue weighted by molar-refractivity contribution is 6.16. The Morgan fingerprint density at radius 2 is 2.05 bits per heavy atom. The van der Waals surface area contributed by atoms with Gasteiger partial charge in [0, 0.05) is 6.04 Å². The molecule has 0 bridgehead atoms. The van der Waals surface area contributed by atoms with Crippen molar-refractivity contribution in [2.45, 2.75) is 52.5 Å². The number of halogens is 1. The Bertz CT molecular complexity index is 559. The molecule has 1 aromatic heterocycles. The monoisotopic (exact) mass is 278 g/mol. The molecule has 0 spiro atoms. The van der Waals surface area contributed by atoms with E-state index in [1.807, 2.05) is 0 Å². The number of aryl methyl sites for hydroxylation is 1. The fraction of sp³-hybridized carbons (Fsp3) is 0.562. The van der Waals surface area contributed by atoms with Gasteiger partial charge in [-0.15, -0.1) is 11.6 Å². The summed E-state index contributed by atoms with van der Waals surface area (Å²) in [7, 11) is 0. The molecule has 2 unspecified atom stereocenters. The average molecular weight is 279 g/mol. The highest BCUT2D eigenvalue weighted by Crippen LogP contribution is 2.27. The second-order valence-corrected chi connectivity index (χ2v) is 5.89. The van der Waals surface area contributed by atoms with E-state index < -0.39 is 0 Å². The first-order chi connectivity index (χ1) is 9.06. The molecule has 2 aromatic rings. The Balaban J connectivity index is 2.47. The summed E-state index contributed by atoms with van der Waals surface area (Å²) in [6.07, 6.45) is 2.38. The maximum atomic E-state index is 6.07. The van der Waals surface area contributed by atoms with Crippen molar-refractivity contribution >= 4 is 22.6 Å². The minimum Gasteiger partial charge on any atom is -0.324 e. The van der Waals surface area contributed by atoms with E-state index in [1.54, 1.807) is 0 Å². The number of imidazole rings is 1. The summed E-state index contributed by atoms with van der Waals surface area (Å²) in [5.41, 5.74) is 3.54. The maximum absolute atomic E-state index is 6.07. The first-order valence-electron chi connectivity index (χ1n) is 7.10. The lowest BCUT2D eigenvalue weighted by molar-refractivity contribution is 0.399. The predicted octanol–water partition coefficient (Wildman–Crippen LogP) is 5.08. The van der Waals surface area contributed by atoms with Crippen LogP contribution in [0.5, 0.6) is 0 Å². The molecule has 0 amide bonds. The zero-order valence-corrected chi connectivity index (χ0v) is 13.0. The van der Waals surface area contributed by atoms with Crippen molar-refractivity contribution in [3.05, 3.63) is 29.6 Å². The number of alkyl halides is 1. The molecule has 1 aromatic carbocycles. The highest BCUT2D eigenvalue weighted by atomic mass is 35.5. The van der Waals surface area contributed by atoms with Gasteiger partial charge in [0.1, 0.15) is 5.82 Å². The first kappa shape index (κ1) is 14.4. The summed E-state index contributed by atoms with van der Waals surface area (Å²) in [5, 5.41) is 0. The van der Waals surface area contributed by atoms with Crippen LogP contribution in [0.4, 0.5) is 0 Å². The molecule has 3 heteroatoms. The average Bonchev–Trinajstić information content (AvgIpc) is 2.76. The number of rotatable bonds is 5. The van der Waals surface area contributed by atoms with Crippen LogP contribution in [-0.4, -0.2) is 9.55 Å². The van der Waals surface area contributed by atoms with Gasteiger partial charge in [-0.05, 0) is 43.9 Å². The molecule has 0 saturated heterocycles. The zero-order valence-electron chi connectivity index (χ0n) is 12.3. The maximum Gasteiger partial charge on any atom is 0.125 e. The van der Waals surface area contributed by atoms with Crippen molar-refractivity contribution in [3.63, 3.8) is 0 Å². The predicted molar refractivity (Wildman–Crippen MR) is 82.8 cm³/mol. The minimum absolute atomic E-state index is 0.440. The van der Waals surface area contributed by atoms with Gasteiger partial charge < -0.3 is 4.57 Å². The van der Waals surface area contributed by atoms with Gasteiger partial charge in [-0.1, -0.05) is 26.3 Å². The summed E-state index contributed by atoms with van der Waals surface area (Å²) in [5.74, 6) is 2.18. The van der Waals surface area contributed by atoms with E-state index in [9.17, 15) is 0 Å². The van der Waals surface area contributed by atoms with E-state index in [-0.39, 0.29) is 0 Å². The minimum atomic E-state index is 0.440. The summed E-state index contributed by atoms with van der Waals surface area (Å²) >= 11 is 6.07. The van der Waals surface area contributed by atoms with E-state index >= 15 is 0 Å². The van der Waals surface area contributed by atoms with Crippen molar-refractivity contribution in [2.75, 3.05) is 0 Å². The molecule has 0 N–H and O–H groups in total. The number of nitrogens with zero attached hydrogens (tertiary/aromatic N) is 2. The van der Waals surface area contributed by atoms with Crippen molar-refractivity contribution in [3.8, 4) is 0 Å². The number of hydrogen-bond donors (Lipinski definition) is 0. The molecule has 2 rings (SSSR count). The molecular formula is C16H23ClN2. The molecule has 0 aliphatic rings. The second-order valence-electron chi connectivity index (χ2n) is 5.62. The van der Waals surface area contributed by atoms with E-state index in [4.69, 9.17) is 11.6 Å². The van der Waals surface area contributed by atoms with Crippen LogP contribution in [0.3, 0.4) is 0 Å². The molecule has 104 valence electrons. The van der Waals surface area contributed by atoms with Gasteiger partial charge >= 0.3 is 0 Å². The smallest absolute Gasteiger partial charge is 0.125 e. The lowest BCUT2D eigenvalue weighted by atomic mass is 10.00. The largest absolute Gasteiger partial charge is 0.324 e. The van der Waals surface area contributed by atoms with Gasteiger partial charge in [0.05, 0.1) is 16.9 Å². The second kappa shape index (κ2) is 5.96. The van der Waals surface area contributed by atoms with E-state index in [2.05, 4.69) is 55.4 Å². The van der Waals surface area contributed by atoms with Crippen molar-refractivity contribution in [1.82, 2.24) is 9.55 Å². The van der Waals surface area contributed by atoms with Crippen LogP contribution >= 0.6 is 11.6 Å². The Hall–Kier alpha value is -1.02. The van der Waals surface area contributed by atoms with Crippen LogP contribution in [-0.2, 0) is 5.88 Å². The van der Waals surface area contributed by atoms with Gasteiger partial charge in [0.15, 0.2) is 0 Å². The molecule has 2 nitrogen and oxygen atoms in total. The third kappa shape index (κ3) is 2.94. The van der Waals surface area contributed by atoms with E-state index in [0.717, 1.165) is 17.3 Å². The fourth-order valence-corrected chi connectivity index (χ4v) is 2.88. The third-order valence-corrected chi connectivity index (χ3v) is 4.16. The SMILES string of the molecule is CCC(C)CC(C)n1c(CCl)nc2ccc(C)cc21. The molecule has 19 heavy (non-hydrogen) atoms. The first-order valence-corrected chi connectivity index (χ1v) is 7.63. The Morgan fingerprint density at radius 1 is 1.32 bits per heavy atom. The number of fused-ring (bicyclic) bond motifs is 1. The van der Waals surface area contributed by atoms with Gasteiger partial charge in [0.25, 0.3) is 0 Å². The van der Waals surface area contributed by atoms with Gasteiger partial charge in [-0.3, -0.25) is 0 Å². The zero-order chi connectivity index (χ0) is 14.0. The molecule has 0 aliphatic carbocycles. The Labute approximate surface area is 120 Å². The van der Waals surface area contributed by atoms with Gasteiger partial charge in [0.2, 0.25) is 0 Å². The molecule has 0 saturated carbocycles. The topological polar surface area (TPSA) is 17.8 Å². The third-order valence-electron chi connectivity index (χ3n) is 3.92. The molecule has 0 radical (unpaired) electrons. The molecule has 2 atom stereocenters. The number of hydrogen-bond acceptors (Lipinski definition) is 1. The summed E-state index contributed by atoms with van der Waals surface area (Å²) in [6, 6.07) is 6.85. The fourth-order valence-electron chi connectivity index (χ4n) is 2.69. The Kier molecular flexibility index (Phi) is 4.51. The summed E-state index contributed by atoms with van der Waals surface area (Å²) in [6.45, 7) is 8.94. The quantitative estimate of drug-likeness (QED) is 0.697. The van der Waals surface area contributed by atoms with Crippen LogP contribution in [0, 0.1) is 12.8 Å². The van der Waals surface area contributed by atoms with Crippen LogP contribution in [0.15, 0.2) is 18.2 Å². The molecular weight excluding hydrogens is 256 g/mol. The van der Waals surface area contributed by atoms with E-state index in [1.165, 1.54) is 23.9 Å². The highest BCUT2D eigenvalue weighted by Gasteiger charge is 2.17. The van der Waals surface area contributed by atoms with Crippen molar-refractivity contribution < 1.29 is 0 Å². The lowest BCUT2D eigenvalue weighted by Crippen LogP contribution is -2.11. The standard InChI is InChI=1S/C16H23ClN2/c1-5-11(2)8-13(4)19-15-9-12(3)6-7-14(15)18-16(19)10-17/h6-7,9,11,13H,5,8,10H2,1-4H3. The normalized spacial score (nSPS) is 14.8. The van der Waals surface area contributed by atoms with E-state index in [0.29, 0.717) is 11.9 Å². The van der Waals surface area contributed by atoms with Gasteiger partial charge in [-0.25, -0.2) is 4.98 Å². The van der Waals surface area contributed by atoms with Crippen molar-refractivity contribution in [1.29, 1.82) is 0 Å². The van der Waals surface area contributed by atoms with Crippen LogP contribution in [0.1, 0.15) is 51.0 Å². The molecule has 0 aliphatic heterocycles. The molecule has 0 fully saturated rings. The van der Waals surface area contributed by atoms with Crippen molar-refractivity contribution in [2.24, 2.45) is 5.92 Å². The summed E-state index contributed by atoms with van der Waals surface area (Å²) in [4.78, 5) is 4.66. The number of aromatic nitrogens is 2. The van der Waals surface area contributed by atoms with Gasteiger partial charge in [-0.2, -0.15) is 0 Å². The van der Waals surface area contributed by atoms with Crippen LogP contribution < -0.4 is 0 Å². The summed E-state index contributed by atoms with van der Waals surface area (Å²) < 4.78 is 2.32. The number of benzene rings is 1. The lowest BCUT2D eigenvalue weighted by Gasteiger charge is -2.20. The molecule has 1 heterocycles. The van der Waals surface area contributed by atoms with Crippen LogP contribution in [0.25, 0.3) is 11.0 Å². The Morgan fingerprint density at radius 3 is 2.68 bits per heavy atom. The van der Waals surface area contributed by atoms with Crippen LogP contribution in [0.2, 0.25) is 0 Å².